The fourth-order valence-corrected chi connectivity index (χ4v) is 2.03. The Hall–Kier alpha value is -2.10. The first-order chi connectivity index (χ1) is 8.63. The van der Waals surface area contributed by atoms with Crippen LogP contribution >= 0.6 is 0 Å². The van der Waals surface area contributed by atoms with Crippen LogP contribution in [0.5, 0.6) is 0 Å². The fraction of sp³-hybridized carbons (Fsp3) is 0.286. The number of para-hydroxylation sites is 1. The zero-order chi connectivity index (χ0) is 13.1. The third kappa shape index (κ3) is 2.27. The summed E-state index contributed by atoms with van der Waals surface area (Å²) in [5, 5.41) is 10.2. The van der Waals surface area contributed by atoms with Gasteiger partial charge in [-0.25, -0.2) is 9.78 Å². The summed E-state index contributed by atoms with van der Waals surface area (Å²) in [5.74, 6) is -0.141. The van der Waals surface area contributed by atoms with E-state index in [9.17, 15) is 4.79 Å². The molecule has 18 heavy (non-hydrogen) atoms. The number of hydrogen-bond donors (Lipinski definition) is 1. The average Bonchev–Trinajstić information content (AvgIpc) is 2.38. The normalized spacial score (nSPS) is 12.3. The van der Waals surface area contributed by atoms with Gasteiger partial charge in [-0.1, -0.05) is 25.1 Å². The Morgan fingerprint density at radius 2 is 2.06 bits per heavy atom. The van der Waals surface area contributed by atoms with E-state index in [1.165, 1.54) is 0 Å². The highest BCUT2D eigenvalue weighted by Crippen LogP contribution is 2.19. The Kier molecular flexibility index (Phi) is 3.46. The number of aromatic nitrogens is 1. The molecular formula is C14H16N2O2. The molecule has 0 saturated carbocycles. The van der Waals surface area contributed by atoms with Crippen molar-refractivity contribution in [1.29, 1.82) is 0 Å². The van der Waals surface area contributed by atoms with Gasteiger partial charge in [0.15, 0.2) is 0 Å². The summed E-state index contributed by atoms with van der Waals surface area (Å²) in [5.41, 5.74) is 0.877. The molecule has 0 amide bonds. The highest BCUT2D eigenvalue weighted by atomic mass is 16.4. The monoisotopic (exact) mass is 244 g/mol. The van der Waals surface area contributed by atoms with Crippen molar-refractivity contribution >= 4 is 22.7 Å². The van der Waals surface area contributed by atoms with Crippen molar-refractivity contribution in [2.75, 3.05) is 11.9 Å². The van der Waals surface area contributed by atoms with Crippen molar-refractivity contribution < 1.29 is 9.90 Å². The zero-order valence-electron chi connectivity index (χ0n) is 10.5. The number of pyridine rings is 1. The van der Waals surface area contributed by atoms with Crippen LogP contribution in [0.25, 0.3) is 10.9 Å². The van der Waals surface area contributed by atoms with Crippen LogP contribution in [-0.4, -0.2) is 29.1 Å². The molecule has 2 aromatic rings. The van der Waals surface area contributed by atoms with Crippen LogP contribution in [0.2, 0.25) is 0 Å². The molecule has 4 heteroatoms. The van der Waals surface area contributed by atoms with E-state index in [1.54, 1.807) is 11.9 Å². The van der Waals surface area contributed by atoms with E-state index in [4.69, 9.17) is 5.11 Å². The molecule has 1 aromatic heterocycles. The first-order valence-electron chi connectivity index (χ1n) is 5.95. The van der Waals surface area contributed by atoms with E-state index in [0.29, 0.717) is 12.2 Å². The van der Waals surface area contributed by atoms with Crippen molar-refractivity contribution in [3.05, 3.63) is 36.4 Å². The number of benzene rings is 1. The summed E-state index contributed by atoms with van der Waals surface area (Å²) in [6, 6.07) is 11.1. The molecule has 94 valence electrons. The molecule has 0 aliphatic carbocycles. The SMILES string of the molecule is CCC(C(=O)O)N(C)c1ccc2ccccc2n1. The lowest BCUT2D eigenvalue weighted by atomic mass is 10.2. The standard InChI is InChI=1S/C14H16N2O2/c1-3-12(14(17)18)16(2)13-9-8-10-6-4-5-7-11(10)15-13/h4-9,12H,3H2,1-2H3,(H,17,18). The predicted octanol–water partition coefficient (Wildman–Crippen LogP) is 2.53. The topological polar surface area (TPSA) is 53.4 Å². The van der Waals surface area contributed by atoms with E-state index in [2.05, 4.69) is 4.98 Å². The van der Waals surface area contributed by atoms with Crippen LogP contribution < -0.4 is 4.90 Å². The van der Waals surface area contributed by atoms with Gasteiger partial charge in [0.2, 0.25) is 0 Å². The number of carboxylic acid groups (broad SMARTS) is 1. The lowest BCUT2D eigenvalue weighted by molar-refractivity contribution is -0.138. The molecule has 2 rings (SSSR count). The molecule has 1 aromatic carbocycles. The first-order valence-corrected chi connectivity index (χ1v) is 5.95. The summed E-state index contributed by atoms with van der Waals surface area (Å²) in [4.78, 5) is 17.3. The summed E-state index contributed by atoms with van der Waals surface area (Å²) in [6.07, 6.45) is 0.542. The maximum atomic E-state index is 11.1. The van der Waals surface area contributed by atoms with E-state index in [0.717, 1.165) is 10.9 Å². The number of hydrogen-bond acceptors (Lipinski definition) is 3. The highest BCUT2D eigenvalue weighted by molar-refractivity contribution is 5.82. The summed E-state index contributed by atoms with van der Waals surface area (Å²) in [6.45, 7) is 1.86. The van der Waals surface area contributed by atoms with Crippen LogP contribution in [0, 0.1) is 0 Å². The quantitative estimate of drug-likeness (QED) is 0.898. The Morgan fingerprint density at radius 3 is 2.72 bits per heavy atom. The number of anilines is 1. The van der Waals surface area contributed by atoms with Crippen LogP contribution in [0.1, 0.15) is 13.3 Å². The van der Waals surface area contributed by atoms with Gasteiger partial charge in [0, 0.05) is 12.4 Å². The second-order valence-corrected chi connectivity index (χ2v) is 4.24. The summed E-state index contributed by atoms with van der Waals surface area (Å²) < 4.78 is 0. The molecular weight excluding hydrogens is 228 g/mol. The number of aliphatic carboxylic acids is 1. The van der Waals surface area contributed by atoms with E-state index in [1.807, 2.05) is 43.3 Å². The largest absolute Gasteiger partial charge is 0.480 e. The second-order valence-electron chi connectivity index (χ2n) is 4.24. The maximum absolute atomic E-state index is 11.1. The second kappa shape index (κ2) is 5.04. The van der Waals surface area contributed by atoms with E-state index < -0.39 is 12.0 Å². The molecule has 1 heterocycles. The van der Waals surface area contributed by atoms with Gasteiger partial charge in [-0.05, 0) is 24.6 Å². The molecule has 0 radical (unpaired) electrons. The molecule has 0 fully saturated rings. The molecule has 0 bridgehead atoms. The number of nitrogens with zero attached hydrogens (tertiary/aromatic N) is 2. The van der Waals surface area contributed by atoms with Gasteiger partial charge in [0.05, 0.1) is 5.52 Å². The van der Waals surface area contributed by atoms with Crippen molar-refractivity contribution in [2.45, 2.75) is 19.4 Å². The van der Waals surface area contributed by atoms with Gasteiger partial charge in [-0.15, -0.1) is 0 Å². The van der Waals surface area contributed by atoms with Crippen molar-refractivity contribution in [2.24, 2.45) is 0 Å². The predicted molar refractivity (Wildman–Crippen MR) is 71.9 cm³/mol. The molecule has 0 aliphatic heterocycles. The van der Waals surface area contributed by atoms with Crippen molar-refractivity contribution in [1.82, 2.24) is 4.98 Å². The molecule has 4 nitrogen and oxygen atoms in total. The average molecular weight is 244 g/mol. The van der Waals surface area contributed by atoms with Crippen LogP contribution in [0.15, 0.2) is 36.4 Å². The Morgan fingerprint density at radius 1 is 1.33 bits per heavy atom. The molecule has 1 N–H and O–H groups in total. The van der Waals surface area contributed by atoms with Gasteiger partial charge in [0.25, 0.3) is 0 Å². The Bertz CT molecular complexity index is 568. The minimum absolute atomic E-state index is 0.542. The van der Waals surface area contributed by atoms with Gasteiger partial charge < -0.3 is 10.0 Å². The number of rotatable bonds is 4. The Balaban J connectivity index is 2.38. The minimum atomic E-state index is -0.824. The number of carbonyl (C=O) groups is 1. The van der Waals surface area contributed by atoms with Gasteiger partial charge in [0.1, 0.15) is 11.9 Å². The third-order valence-corrected chi connectivity index (χ3v) is 3.08. The van der Waals surface area contributed by atoms with Gasteiger partial charge >= 0.3 is 5.97 Å². The molecule has 0 saturated heterocycles. The summed E-state index contributed by atoms with van der Waals surface area (Å²) >= 11 is 0. The molecule has 0 aliphatic rings. The fourth-order valence-electron chi connectivity index (χ4n) is 2.03. The van der Waals surface area contributed by atoms with E-state index in [-0.39, 0.29) is 0 Å². The highest BCUT2D eigenvalue weighted by Gasteiger charge is 2.21. The first kappa shape index (κ1) is 12.4. The van der Waals surface area contributed by atoms with Crippen LogP contribution in [-0.2, 0) is 4.79 Å². The molecule has 0 spiro atoms. The lowest BCUT2D eigenvalue weighted by Crippen LogP contribution is -2.38. The van der Waals surface area contributed by atoms with Crippen molar-refractivity contribution in [3.8, 4) is 0 Å². The van der Waals surface area contributed by atoms with E-state index >= 15 is 0 Å². The number of likely N-dealkylation sites (N-methyl/N-ethyl adjacent to an activating group) is 1. The van der Waals surface area contributed by atoms with Gasteiger partial charge in [-0.2, -0.15) is 0 Å². The van der Waals surface area contributed by atoms with Gasteiger partial charge in [-0.3, -0.25) is 0 Å². The van der Waals surface area contributed by atoms with Crippen LogP contribution in [0.3, 0.4) is 0 Å². The third-order valence-electron chi connectivity index (χ3n) is 3.08. The van der Waals surface area contributed by atoms with Crippen molar-refractivity contribution in [3.63, 3.8) is 0 Å². The number of fused-ring (bicyclic) bond motifs is 1. The van der Waals surface area contributed by atoms with Crippen LogP contribution in [0.4, 0.5) is 5.82 Å². The molecule has 1 unspecified atom stereocenters. The zero-order valence-corrected chi connectivity index (χ0v) is 10.5. The minimum Gasteiger partial charge on any atom is -0.480 e. The smallest absolute Gasteiger partial charge is 0.326 e. The lowest BCUT2D eigenvalue weighted by Gasteiger charge is -2.24. The number of carboxylic acids is 1. The maximum Gasteiger partial charge on any atom is 0.326 e. The Labute approximate surface area is 106 Å². The molecule has 1 atom stereocenters. The summed E-state index contributed by atoms with van der Waals surface area (Å²) in [7, 11) is 1.76.